The largest absolute Gasteiger partial charge is 0.477 e. The van der Waals surface area contributed by atoms with Gasteiger partial charge in [-0.25, -0.2) is 9.78 Å². The molecule has 0 bridgehead atoms. The Balaban J connectivity index is 1.44. The Morgan fingerprint density at radius 1 is 1.14 bits per heavy atom. The summed E-state index contributed by atoms with van der Waals surface area (Å²) in [6.45, 7) is 5.53. The van der Waals surface area contributed by atoms with Gasteiger partial charge in [-0.05, 0) is 31.7 Å². The van der Waals surface area contributed by atoms with Crippen molar-refractivity contribution >= 4 is 22.7 Å². The number of carbonyl (C=O) groups is 1. The topological polar surface area (TPSA) is 94.6 Å². The van der Waals surface area contributed by atoms with Crippen molar-refractivity contribution in [2.24, 2.45) is 0 Å². The Labute approximate surface area is 163 Å². The van der Waals surface area contributed by atoms with Crippen LogP contribution in [0.15, 0.2) is 6.07 Å². The van der Waals surface area contributed by atoms with E-state index in [2.05, 4.69) is 25.0 Å². The zero-order valence-electron chi connectivity index (χ0n) is 16.1. The highest BCUT2D eigenvalue weighted by atomic mass is 16.5. The number of nitrogens with one attached hydrogen (secondary N) is 1. The molecule has 2 N–H and O–H groups in total. The molecule has 0 atom stereocenters. The van der Waals surface area contributed by atoms with Gasteiger partial charge in [0.15, 0.2) is 11.3 Å². The van der Waals surface area contributed by atoms with E-state index >= 15 is 0 Å². The predicted molar refractivity (Wildman–Crippen MR) is 105 cm³/mol. The van der Waals surface area contributed by atoms with E-state index < -0.39 is 5.97 Å². The second kappa shape index (κ2) is 7.33. The summed E-state index contributed by atoms with van der Waals surface area (Å²) < 4.78 is 5.48. The maximum atomic E-state index is 11.6. The van der Waals surface area contributed by atoms with E-state index in [0.717, 1.165) is 81.8 Å². The number of fused-ring (bicyclic) bond motifs is 1. The molecule has 8 nitrogen and oxygen atoms in total. The molecular formula is C20H27N5O3. The molecule has 8 heteroatoms. The molecule has 3 fully saturated rings. The number of hydrogen-bond acceptors (Lipinski definition) is 6. The number of ether oxygens (including phenoxy) is 1. The maximum absolute atomic E-state index is 11.6. The van der Waals surface area contributed by atoms with E-state index in [1.807, 2.05) is 0 Å². The molecule has 150 valence electrons. The number of anilines is 1. The van der Waals surface area contributed by atoms with E-state index in [1.54, 1.807) is 6.07 Å². The molecule has 2 saturated heterocycles. The zero-order chi connectivity index (χ0) is 19.1. The molecule has 2 aromatic rings. The summed E-state index contributed by atoms with van der Waals surface area (Å²) in [6.07, 6.45) is 5.74. The van der Waals surface area contributed by atoms with E-state index in [-0.39, 0.29) is 5.69 Å². The van der Waals surface area contributed by atoms with Crippen molar-refractivity contribution in [2.75, 3.05) is 44.3 Å². The normalized spacial score (nSPS) is 22.5. The summed E-state index contributed by atoms with van der Waals surface area (Å²) >= 11 is 0. The van der Waals surface area contributed by atoms with Gasteiger partial charge in [0.2, 0.25) is 0 Å². The first-order chi connectivity index (χ1) is 13.7. The monoisotopic (exact) mass is 385 g/mol. The van der Waals surface area contributed by atoms with Crippen LogP contribution in [0.5, 0.6) is 0 Å². The van der Waals surface area contributed by atoms with Crippen molar-refractivity contribution in [3.8, 4) is 0 Å². The number of rotatable bonds is 4. The van der Waals surface area contributed by atoms with Crippen LogP contribution in [0.4, 0.5) is 5.69 Å². The average Bonchev–Trinajstić information content (AvgIpc) is 3.10. The molecule has 5 rings (SSSR count). The number of carboxylic acid groups (broad SMARTS) is 1. The molecular weight excluding hydrogens is 358 g/mol. The van der Waals surface area contributed by atoms with Gasteiger partial charge in [-0.3, -0.25) is 10.00 Å². The minimum atomic E-state index is -1.00. The highest BCUT2D eigenvalue weighted by Gasteiger charge is 2.30. The molecule has 28 heavy (non-hydrogen) atoms. The standard InChI is InChI=1S/C20H27N5O3/c26-20(27)15-12-16(17-18(13-2-1-3-13)22-23-19(17)21-15)25-6-4-14(5-7-25)24-8-10-28-11-9-24/h12-14H,1-11H2,(H,26,27)(H,21,22,23). The van der Waals surface area contributed by atoms with Gasteiger partial charge in [-0.15, -0.1) is 0 Å². The Kier molecular flexibility index (Phi) is 4.68. The van der Waals surface area contributed by atoms with Crippen LogP contribution in [0.2, 0.25) is 0 Å². The van der Waals surface area contributed by atoms with Crippen molar-refractivity contribution < 1.29 is 14.6 Å². The predicted octanol–water partition coefficient (Wildman–Crippen LogP) is 2.22. The smallest absolute Gasteiger partial charge is 0.354 e. The lowest BCUT2D eigenvalue weighted by molar-refractivity contribution is 0.0115. The molecule has 4 heterocycles. The molecule has 0 spiro atoms. The fourth-order valence-electron chi connectivity index (χ4n) is 4.79. The first kappa shape index (κ1) is 17.9. The molecule has 1 saturated carbocycles. The third-order valence-corrected chi connectivity index (χ3v) is 6.63. The number of nitrogens with zero attached hydrogens (tertiary/aromatic N) is 4. The van der Waals surface area contributed by atoms with Gasteiger partial charge in [0.25, 0.3) is 0 Å². The van der Waals surface area contributed by atoms with Crippen LogP contribution in [-0.2, 0) is 4.74 Å². The van der Waals surface area contributed by atoms with Crippen molar-refractivity contribution in [2.45, 2.75) is 44.1 Å². The lowest BCUT2D eigenvalue weighted by atomic mass is 9.82. The van der Waals surface area contributed by atoms with Crippen molar-refractivity contribution in [1.82, 2.24) is 20.1 Å². The fraction of sp³-hybridized carbons (Fsp3) is 0.650. The molecule has 0 amide bonds. The van der Waals surface area contributed by atoms with E-state index in [4.69, 9.17) is 4.74 Å². The third kappa shape index (κ3) is 3.14. The molecule has 2 aromatic heterocycles. The van der Waals surface area contributed by atoms with E-state index in [9.17, 15) is 9.90 Å². The number of aromatic nitrogens is 3. The second-order valence-electron chi connectivity index (χ2n) is 8.16. The maximum Gasteiger partial charge on any atom is 0.354 e. The molecule has 2 aliphatic heterocycles. The minimum absolute atomic E-state index is 0.0736. The van der Waals surface area contributed by atoms with Crippen LogP contribution in [0.1, 0.15) is 54.2 Å². The quantitative estimate of drug-likeness (QED) is 0.833. The minimum Gasteiger partial charge on any atom is -0.477 e. The first-order valence-corrected chi connectivity index (χ1v) is 10.4. The van der Waals surface area contributed by atoms with Crippen LogP contribution in [0.25, 0.3) is 11.0 Å². The van der Waals surface area contributed by atoms with E-state index in [1.165, 1.54) is 6.42 Å². The van der Waals surface area contributed by atoms with Crippen LogP contribution in [-0.4, -0.2) is 76.6 Å². The number of aromatic amines is 1. The fourth-order valence-corrected chi connectivity index (χ4v) is 4.79. The Morgan fingerprint density at radius 2 is 1.89 bits per heavy atom. The Morgan fingerprint density at radius 3 is 2.54 bits per heavy atom. The van der Waals surface area contributed by atoms with Crippen molar-refractivity contribution in [3.05, 3.63) is 17.5 Å². The zero-order valence-corrected chi connectivity index (χ0v) is 16.1. The lowest BCUT2D eigenvalue weighted by Crippen LogP contribution is -2.49. The Hall–Kier alpha value is -2.19. The summed E-state index contributed by atoms with van der Waals surface area (Å²) in [5, 5.41) is 18.1. The van der Waals surface area contributed by atoms with Crippen LogP contribution >= 0.6 is 0 Å². The third-order valence-electron chi connectivity index (χ3n) is 6.63. The Bertz CT molecular complexity index is 864. The summed E-state index contributed by atoms with van der Waals surface area (Å²) in [5.41, 5.74) is 2.73. The first-order valence-electron chi connectivity index (χ1n) is 10.4. The number of morpholine rings is 1. The summed E-state index contributed by atoms with van der Waals surface area (Å²) in [4.78, 5) is 20.8. The van der Waals surface area contributed by atoms with E-state index in [0.29, 0.717) is 17.6 Å². The molecule has 1 aliphatic carbocycles. The average molecular weight is 385 g/mol. The number of hydrogen-bond donors (Lipinski definition) is 2. The summed E-state index contributed by atoms with van der Waals surface area (Å²) in [6, 6.07) is 2.34. The van der Waals surface area contributed by atoms with Crippen molar-refractivity contribution in [3.63, 3.8) is 0 Å². The van der Waals surface area contributed by atoms with Gasteiger partial charge < -0.3 is 14.7 Å². The second-order valence-corrected chi connectivity index (χ2v) is 8.16. The molecule has 0 radical (unpaired) electrons. The van der Waals surface area contributed by atoms with Gasteiger partial charge >= 0.3 is 5.97 Å². The SMILES string of the molecule is O=C(O)c1cc(N2CCC(N3CCOCC3)CC2)c2c(C3CCC3)[nH]nc2n1. The van der Waals surface area contributed by atoms with Crippen LogP contribution in [0.3, 0.4) is 0 Å². The highest BCUT2D eigenvalue weighted by molar-refractivity contribution is 5.97. The van der Waals surface area contributed by atoms with Crippen LogP contribution in [0, 0.1) is 0 Å². The molecule has 3 aliphatic rings. The van der Waals surface area contributed by atoms with Crippen LogP contribution < -0.4 is 4.90 Å². The van der Waals surface area contributed by atoms with Gasteiger partial charge in [0.05, 0.1) is 24.3 Å². The van der Waals surface area contributed by atoms with Crippen molar-refractivity contribution in [1.29, 1.82) is 0 Å². The number of H-pyrrole nitrogens is 1. The number of pyridine rings is 1. The summed E-state index contributed by atoms with van der Waals surface area (Å²) in [5.74, 6) is -0.508. The van der Waals surface area contributed by atoms with Gasteiger partial charge in [-0.2, -0.15) is 5.10 Å². The lowest BCUT2D eigenvalue weighted by Gasteiger charge is -2.41. The number of piperidine rings is 1. The number of carboxylic acids is 1. The molecule has 0 aromatic carbocycles. The van der Waals surface area contributed by atoms with Gasteiger partial charge in [0.1, 0.15) is 0 Å². The van der Waals surface area contributed by atoms with Gasteiger partial charge in [0, 0.05) is 43.8 Å². The molecule has 0 unspecified atom stereocenters. The summed E-state index contributed by atoms with van der Waals surface area (Å²) in [7, 11) is 0. The highest BCUT2D eigenvalue weighted by Crippen LogP contribution is 2.41. The van der Waals surface area contributed by atoms with Gasteiger partial charge in [-0.1, -0.05) is 6.42 Å². The number of aromatic carboxylic acids is 1.